The Morgan fingerprint density at radius 3 is 2.67 bits per heavy atom. The zero-order chi connectivity index (χ0) is 13.2. The molecule has 1 aromatic rings. The quantitative estimate of drug-likeness (QED) is 0.828. The number of benzene rings is 1. The lowest BCUT2D eigenvalue weighted by Gasteiger charge is -2.38. The number of hydrogen-bond acceptors (Lipinski definition) is 1. The van der Waals surface area contributed by atoms with E-state index >= 15 is 0 Å². The molecule has 2 rings (SSSR count). The van der Waals surface area contributed by atoms with Crippen molar-refractivity contribution in [2.45, 2.75) is 52.0 Å². The SMILES string of the molecule is CCC(C)(C)CNC1CC(c2cccc(F)c2)C1. The van der Waals surface area contributed by atoms with Crippen molar-refractivity contribution in [3.63, 3.8) is 0 Å². The predicted molar refractivity (Wildman–Crippen MR) is 74.2 cm³/mol. The third-order valence-corrected chi connectivity index (χ3v) is 4.28. The summed E-state index contributed by atoms with van der Waals surface area (Å²) in [6, 6.07) is 7.66. The molecule has 1 aliphatic rings. The maximum Gasteiger partial charge on any atom is 0.123 e. The maximum absolute atomic E-state index is 13.1. The summed E-state index contributed by atoms with van der Waals surface area (Å²) >= 11 is 0. The highest BCUT2D eigenvalue weighted by molar-refractivity contribution is 5.23. The summed E-state index contributed by atoms with van der Waals surface area (Å²) in [7, 11) is 0. The normalized spacial score (nSPS) is 23.8. The molecule has 0 aliphatic heterocycles. The molecule has 18 heavy (non-hydrogen) atoms. The summed E-state index contributed by atoms with van der Waals surface area (Å²) in [5, 5.41) is 3.63. The standard InChI is InChI=1S/C16H24FN/c1-4-16(2,3)11-18-15-9-13(10-15)12-6-5-7-14(17)8-12/h5-8,13,15,18H,4,9-11H2,1-3H3. The Morgan fingerprint density at radius 2 is 2.06 bits per heavy atom. The molecule has 0 aromatic heterocycles. The van der Waals surface area contributed by atoms with Gasteiger partial charge in [-0.15, -0.1) is 0 Å². The molecule has 0 bridgehead atoms. The van der Waals surface area contributed by atoms with E-state index in [-0.39, 0.29) is 5.82 Å². The van der Waals surface area contributed by atoms with Gasteiger partial charge < -0.3 is 5.32 Å². The van der Waals surface area contributed by atoms with Crippen molar-refractivity contribution in [1.29, 1.82) is 0 Å². The van der Waals surface area contributed by atoms with E-state index in [2.05, 4.69) is 26.1 Å². The molecular formula is C16H24FN. The number of nitrogens with one attached hydrogen (secondary N) is 1. The van der Waals surface area contributed by atoms with Crippen molar-refractivity contribution in [3.8, 4) is 0 Å². The number of hydrogen-bond donors (Lipinski definition) is 1. The summed E-state index contributed by atoms with van der Waals surface area (Å²) in [6.45, 7) is 7.90. The molecule has 0 heterocycles. The highest BCUT2D eigenvalue weighted by atomic mass is 19.1. The van der Waals surface area contributed by atoms with Crippen LogP contribution in [0.1, 0.15) is 51.5 Å². The average molecular weight is 249 g/mol. The van der Waals surface area contributed by atoms with E-state index in [9.17, 15) is 4.39 Å². The molecule has 100 valence electrons. The van der Waals surface area contributed by atoms with Crippen LogP contribution >= 0.6 is 0 Å². The Bertz CT molecular complexity index is 394. The summed E-state index contributed by atoms with van der Waals surface area (Å²) in [5.74, 6) is 0.430. The summed E-state index contributed by atoms with van der Waals surface area (Å²) in [5.41, 5.74) is 1.53. The molecule has 0 unspecified atom stereocenters. The van der Waals surface area contributed by atoms with Gasteiger partial charge in [0.2, 0.25) is 0 Å². The van der Waals surface area contributed by atoms with E-state index in [0.29, 0.717) is 17.4 Å². The minimum absolute atomic E-state index is 0.115. The third kappa shape index (κ3) is 3.32. The van der Waals surface area contributed by atoms with Gasteiger partial charge in [-0.05, 0) is 48.3 Å². The smallest absolute Gasteiger partial charge is 0.123 e. The predicted octanol–water partition coefficient (Wildman–Crippen LogP) is 4.10. The van der Waals surface area contributed by atoms with Crippen LogP contribution in [0, 0.1) is 11.2 Å². The lowest BCUT2D eigenvalue weighted by molar-refractivity contribution is 0.239. The van der Waals surface area contributed by atoms with Crippen LogP contribution in [0.2, 0.25) is 0 Å². The molecule has 1 saturated carbocycles. The highest BCUT2D eigenvalue weighted by Gasteiger charge is 2.31. The van der Waals surface area contributed by atoms with Gasteiger partial charge >= 0.3 is 0 Å². The Balaban J connectivity index is 1.77. The molecule has 1 aliphatic carbocycles. The van der Waals surface area contributed by atoms with E-state index in [1.807, 2.05) is 12.1 Å². The van der Waals surface area contributed by atoms with Crippen LogP contribution in [0.15, 0.2) is 24.3 Å². The topological polar surface area (TPSA) is 12.0 Å². The highest BCUT2D eigenvalue weighted by Crippen LogP contribution is 2.37. The van der Waals surface area contributed by atoms with Crippen molar-refractivity contribution in [2.24, 2.45) is 5.41 Å². The number of halogens is 1. The molecule has 0 saturated heterocycles. The van der Waals surface area contributed by atoms with Crippen molar-refractivity contribution >= 4 is 0 Å². The molecule has 1 fully saturated rings. The minimum atomic E-state index is -0.115. The second kappa shape index (κ2) is 5.40. The van der Waals surface area contributed by atoms with Gasteiger partial charge in [-0.25, -0.2) is 4.39 Å². The summed E-state index contributed by atoms with van der Waals surface area (Å²) < 4.78 is 13.1. The third-order valence-electron chi connectivity index (χ3n) is 4.28. The molecule has 1 N–H and O–H groups in total. The molecule has 0 atom stereocenters. The molecule has 0 radical (unpaired) electrons. The Labute approximate surface area is 110 Å². The monoisotopic (exact) mass is 249 g/mol. The Morgan fingerprint density at radius 1 is 1.33 bits per heavy atom. The van der Waals surface area contributed by atoms with E-state index in [0.717, 1.165) is 24.9 Å². The zero-order valence-electron chi connectivity index (χ0n) is 11.7. The second-order valence-electron chi connectivity index (χ2n) is 6.32. The van der Waals surface area contributed by atoms with E-state index in [1.54, 1.807) is 6.07 Å². The molecule has 1 aromatic carbocycles. The fourth-order valence-corrected chi connectivity index (χ4v) is 2.36. The maximum atomic E-state index is 13.1. The fraction of sp³-hybridized carbons (Fsp3) is 0.625. The van der Waals surface area contributed by atoms with Crippen molar-refractivity contribution in [2.75, 3.05) is 6.54 Å². The van der Waals surface area contributed by atoms with Gasteiger partial charge in [0, 0.05) is 12.6 Å². The van der Waals surface area contributed by atoms with Gasteiger partial charge in [0.15, 0.2) is 0 Å². The van der Waals surface area contributed by atoms with Gasteiger partial charge in [-0.2, -0.15) is 0 Å². The van der Waals surface area contributed by atoms with Gasteiger partial charge in [-0.1, -0.05) is 32.9 Å². The lowest BCUT2D eigenvalue weighted by Crippen LogP contribution is -2.44. The van der Waals surface area contributed by atoms with Crippen LogP contribution in [0.4, 0.5) is 4.39 Å². The summed E-state index contributed by atoms with van der Waals surface area (Å²) in [4.78, 5) is 0. The molecule has 1 nitrogen and oxygen atoms in total. The van der Waals surface area contributed by atoms with Crippen LogP contribution in [0.25, 0.3) is 0 Å². The zero-order valence-corrected chi connectivity index (χ0v) is 11.7. The summed E-state index contributed by atoms with van der Waals surface area (Å²) in [6.07, 6.45) is 3.48. The van der Waals surface area contributed by atoms with Gasteiger partial charge in [0.25, 0.3) is 0 Å². The van der Waals surface area contributed by atoms with E-state index in [4.69, 9.17) is 0 Å². The Kier molecular flexibility index (Phi) is 4.06. The van der Waals surface area contributed by atoms with Crippen LogP contribution < -0.4 is 5.32 Å². The van der Waals surface area contributed by atoms with Crippen molar-refractivity contribution in [3.05, 3.63) is 35.6 Å². The fourth-order valence-electron chi connectivity index (χ4n) is 2.36. The largest absolute Gasteiger partial charge is 0.313 e. The first kappa shape index (κ1) is 13.5. The van der Waals surface area contributed by atoms with Gasteiger partial charge in [0.05, 0.1) is 0 Å². The Hall–Kier alpha value is -0.890. The van der Waals surface area contributed by atoms with E-state index in [1.165, 1.54) is 12.5 Å². The first-order chi connectivity index (χ1) is 8.50. The van der Waals surface area contributed by atoms with Crippen LogP contribution in [-0.4, -0.2) is 12.6 Å². The first-order valence-corrected chi connectivity index (χ1v) is 6.99. The van der Waals surface area contributed by atoms with Crippen molar-refractivity contribution in [1.82, 2.24) is 5.32 Å². The lowest BCUT2D eigenvalue weighted by atomic mass is 9.75. The van der Waals surface area contributed by atoms with Crippen molar-refractivity contribution < 1.29 is 4.39 Å². The van der Waals surface area contributed by atoms with Gasteiger partial charge in [0.1, 0.15) is 5.82 Å². The number of rotatable bonds is 5. The second-order valence-corrected chi connectivity index (χ2v) is 6.32. The van der Waals surface area contributed by atoms with Gasteiger partial charge in [-0.3, -0.25) is 0 Å². The molecular weight excluding hydrogens is 225 g/mol. The molecule has 0 spiro atoms. The average Bonchev–Trinajstić information content (AvgIpc) is 2.27. The van der Waals surface area contributed by atoms with Crippen LogP contribution in [0.5, 0.6) is 0 Å². The molecule has 2 heteroatoms. The van der Waals surface area contributed by atoms with Crippen LogP contribution in [-0.2, 0) is 0 Å². The van der Waals surface area contributed by atoms with Crippen LogP contribution in [0.3, 0.4) is 0 Å². The van der Waals surface area contributed by atoms with E-state index < -0.39 is 0 Å². The first-order valence-electron chi connectivity index (χ1n) is 6.99. The molecule has 0 amide bonds. The minimum Gasteiger partial charge on any atom is -0.313 e.